The maximum absolute atomic E-state index is 13.4. The van der Waals surface area contributed by atoms with Crippen molar-refractivity contribution >= 4 is 17.5 Å². The number of hydrogen-bond donors (Lipinski definition) is 2. The van der Waals surface area contributed by atoms with Gasteiger partial charge < -0.3 is 15.5 Å². The van der Waals surface area contributed by atoms with Gasteiger partial charge in [0.05, 0.1) is 23.1 Å². The van der Waals surface area contributed by atoms with Crippen molar-refractivity contribution in [1.82, 2.24) is 15.1 Å². The third kappa shape index (κ3) is 4.21. The topological polar surface area (TPSA) is 136 Å². The molecule has 3 heterocycles. The Kier molecular flexibility index (Phi) is 5.80. The molecule has 2 aromatic rings. The maximum Gasteiger partial charge on any atom is 0.417 e. The van der Waals surface area contributed by atoms with E-state index in [0.29, 0.717) is 31.6 Å². The van der Waals surface area contributed by atoms with Gasteiger partial charge in [0.1, 0.15) is 5.69 Å². The minimum absolute atomic E-state index is 0.0366. The van der Waals surface area contributed by atoms with E-state index in [1.807, 2.05) is 0 Å². The zero-order chi connectivity index (χ0) is 24.7. The minimum atomic E-state index is -4.66. The number of likely N-dealkylation sites (tertiary alicyclic amines) is 1. The van der Waals surface area contributed by atoms with E-state index in [9.17, 15) is 27.6 Å². The fourth-order valence-electron chi connectivity index (χ4n) is 4.92. The number of nitrogens with one attached hydrogen (secondary N) is 1. The van der Waals surface area contributed by atoms with Crippen LogP contribution < -0.4 is 16.2 Å². The number of halogens is 3. The Morgan fingerprint density at radius 1 is 1.21 bits per heavy atom. The highest BCUT2D eigenvalue weighted by molar-refractivity contribution is 5.93. The number of nitriles is 1. The summed E-state index contributed by atoms with van der Waals surface area (Å²) in [7, 11) is 0. The smallest absolute Gasteiger partial charge is 0.371 e. The largest absolute Gasteiger partial charge is 0.417 e. The number of carbonyl (C=O) groups is 2. The fraction of sp³-hybridized carbons (Fsp3) is 0.409. The van der Waals surface area contributed by atoms with E-state index in [1.54, 1.807) is 11.0 Å². The van der Waals surface area contributed by atoms with E-state index < -0.39 is 46.0 Å². The second kappa shape index (κ2) is 8.48. The van der Waals surface area contributed by atoms with Crippen LogP contribution in [0.15, 0.2) is 35.1 Å². The van der Waals surface area contributed by atoms with Gasteiger partial charge in [-0.1, -0.05) is 0 Å². The minimum Gasteiger partial charge on any atom is -0.371 e. The summed E-state index contributed by atoms with van der Waals surface area (Å²) in [5.41, 5.74) is 3.53. The molecule has 2 fully saturated rings. The SMILES string of the molecule is N#Cc1ccc(N2CCC3(CC2)CN(C(=O)c2ccc(=O)[nH]n2)CC3C(N)=O)cc1C(F)(F)F. The summed E-state index contributed by atoms with van der Waals surface area (Å²) in [5.74, 6) is -1.60. The molecule has 1 unspecified atom stereocenters. The lowest BCUT2D eigenvalue weighted by Crippen LogP contribution is -2.47. The molecule has 0 bridgehead atoms. The summed E-state index contributed by atoms with van der Waals surface area (Å²) in [5, 5.41) is 15.0. The first-order valence-electron chi connectivity index (χ1n) is 10.5. The molecule has 2 amide bonds. The van der Waals surface area contributed by atoms with Crippen LogP contribution in [0, 0.1) is 22.7 Å². The number of nitrogens with zero attached hydrogens (tertiary/aromatic N) is 4. The molecule has 2 aliphatic rings. The number of benzene rings is 1. The van der Waals surface area contributed by atoms with Gasteiger partial charge in [0.2, 0.25) is 5.91 Å². The molecule has 9 nitrogen and oxygen atoms in total. The number of piperidine rings is 1. The van der Waals surface area contributed by atoms with E-state index in [0.717, 1.165) is 12.1 Å². The molecule has 2 aliphatic heterocycles. The molecule has 4 rings (SSSR count). The number of anilines is 1. The van der Waals surface area contributed by atoms with Gasteiger partial charge >= 0.3 is 6.18 Å². The molecule has 178 valence electrons. The van der Waals surface area contributed by atoms with Crippen molar-refractivity contribution in [2.45, 2.75) is 19.0 Å². The molecule has 0 radical (unpaired) electrons. The van der Waals surface area contributed by atoms with Crippen LogP contribution >= 0.6 is 0 Å². The fourth-order valence-corrected chi connectivity index (χ4v) is 4.92. The van der Waals surface area contributed by atoms with Crippen molar-refractivity contribution in [3.63, 3.8) is 0 Å². The van der Waals surface area contributed by atoms with E-state index in [2.05, 4.69) is 10.2 Å². The quantitative estimate of drug-likeness (QED) is 0.692. The average Bonchev–Trinajstić information content (AvgIpc) is 3.18. The van der Waals surface area contributed by atoms with E-state index >= 15 is 0 Å². The van der Waals surface area contributed by atoms with Gasteiger partial charge in [-0.25, -0.2) is 5.10 Å². The maximum atomic E-state index is 13.4. The molecule has 2 saturated heterocycles. The first kappa shape index (κ1) is 23.3. The molecular formula is C22H21F3N6O3. The monoisotopic (exact) mass is 474 g/mol. The number of aromatic nitrogens is 2. The second-order valence-corrected chi connectivity index (χ2v) is 8.64. The number of amides is 2. The van der Waals surface area contributed by atoms with Gasteiger partial charge in [-0.2, -0.15) is 23.5 Å². The molecular weight excluding hydrogens is 453 g/mol. The molecule has 1 atom stereocenters. The van der Waals surface area contributed by atoms with Crippen LogP contribution in [0.5, 0.6) is 0 Å². The number of hydrogen-bond acceptors (Lipinski definition) is 6. The predicted molar refractivity (Wildman–Crippen MR) is 113 cm³/mol. The molecule has 1 aromatic carbocycles. The van der Waals surface area contributed by atoms with Crippen molar-refractivity contribution in [3.8, 4) is 6.07 Å². The van der Waals surface area contributed by atoms with Crippen molar-refractivity contribution in [3.05, 3.63) is 57.5 Å². The number of H-pyrrole nitrogens is 1. The lowest BCUT2D eigenvalue weighted by Gasteiger charge is -2.42. The number of rotatable bonds is 3. The Balaban J connectivity index is 1.53. The molecule has 34 heavy (non-hydrogen) atoms. The van der Waals surface area contributed by atoms with Crippen LogP contribution in [0.1, 0.15) is 34.5 Å². The summed E-state index contributed by atoms with van der Waals surface area (Å²) in [6, 6.07) is 7.65. The lowest BCUT2D eigenvalue weighted by molar-refractivity contribution is -0.137. The third-order valence-corrected chi connectivity index (χ3v) is 6.73. The number of nitrogens with two attached hydrogens (primary N) is 1. The number of aromatic amines is 1. The van der Waals surface area contributed by atoms with Crippen molar-refractivity contribution in [2.75, 3.05) is 31.1 Å². The zero-order valence-corrected chi connectivity index (χ0v) is 17.9. The Bertz CT molecular complexity index is 1210. The lowest BCUT2D eigenvalue weighted by atomic mass is 9.70. The van der Waals surface area contributed by atoms with Crippen molar-refractivity contribution in [2.24, 2.45) is 17.1 Å². The van der Waals surface area contributed by atoms with Crippen molar-refractivity contribution in [1.29, 1.82) is 5.26 Å². The predicted octanol–water partition coefficient (Wildman–Crippen LogP) is 1.50. The molecule has 12 heteroatoms. The van der Waals surface area contributed by atoms with Crippen LogP contribution in [0.4, 0.5) is 18.9 Å². The molecule has 1 spiro atoms. The summed E-state index contributed by atoms with van der Waals surface area (Å²) in [4.78, 5) is 39.6. The molecule has 3 N–H and O–H groups in total. The van der Waals surface area contributed by atoms with Crippen molar-refractivity contribution < 1.29 is 22.8 Å². The van der Waals surface area contributed by atoms with Crippen LogP contribution in [0.3, 0.4) is 0 Å². The molecule has 0 aliphatic carbocycles. The highest BCUT2D eigenvalue weighted by Gasteiger charge is 2.52. The highest BCUT2D eigenvalue weighted by atomic mass is 19.4. The molecule has 0 saturated carbocycles. The van der Waals surface area contributed by atoms with Gasteiger partial charge in [-0.15, -0.1) is 0 Å². The standard InChI is InChI=1S/C22H21F3N6O3/c23-22(24,25)15-9-14(2-1-13(15)10-26)30-7-5-21(6-8-30)12-31(11-16(21)19(27)33)20(34)17-3-4-18(32)29-28-17/h1-4,9,16H,5-8,11-12H2,(H2,27,33)(H,29,32). The zero-order valence-electron chi connectivity index (χ0n) is 17.9. The summed E-state index contributed by atoms with van der Waals surface area (Å²) < 4.78 is 40.1. The van der Waals surface area contributed by atoms with E-state index in [-0.39, 0.29) is 18.8 Å². The summed E-state index contributed by atoms with van der Waals surface area (Å²) >= 11 is 0. The average molecular weight is 474 g/mol. The highest BCUT2D eigenvalue weighted by Crippen LogP contribution is 2.46. The van der Waals surface area contributed by atoms with Gasteiger partial charge in [-0.05, 0) is 37.1 Å². The Morgan fingerprint density at radius 2 is 1.91 bits per heavy atom. The third-order valence-electron chi connectivity index (χ3n) is 6.73. The first-order valence-corrected chi connectivity index (χ1v) is 10.5. The van der Waals surface area contributed by atoms with E-state index in [1.165, 1.54) is 23.1 Å². The Hall–Kier alpha value is -3.88. The Labute approximate surface area is 191 Å². The number of primary amides is 1. The normalized spacial score (nSPS) is 19.8. The van der Waals surface area contributed by atoms with Crippen LogP contribution in [0.2, 0.25) is 0 Å². The van der Waals surface area contributed by atoms with Crippen LogP contribution in [0.25, 0.3) is 0 Å². The summed E-state index contributed by atoms with van der Waals surface area (Å²) in [6.07, 6.45) is -3.78. The Morgan fingerprint density at radius 3 is 2.47 bits per heavy atom. The van der Waals surface area contributed by atoms with Gasteiger partial charge in [-0.3, -0.25) is 14.4 Å². The van der Waals surface area contributed by atoms with Gasteiger partial charge in [0.15, 0.2) is 0 Å². The van der Waals surface area contributed by atoms with Gasteiger partial charge in [0.25, 0.3) is 11.5 Å². The second-order valence-electron chi connectivity index (χ2n) is 8.64. The summed E-state index contributed by atoms with van der Waals surface area (Å²) in [6.45, 7) is 1.05. The number of alkyl halides is 3. The van der Waals surface area contributed by atoms with Crippen LogP contribution in [-0.2, 0) is 11.0 Å². The van der Waals surface area contributed by atoms with Gasteiger partial charge in [0, 0.05) is 43.3 Å². The first-order chi connectivity index (χ1) is 16.0. The molecule has 1 aromatic heterocycles. The van der Waals surface area contributed by atoms with Crippen LogP contribution in [-0.4, -0.2) is 53.1 Å². The van der Waals surface area contributed by atoms with E-state index in [4.69, 9.17) is 11.0 Å². The number of carbonyl (C=O) groups excluding carboxylic acids is 2.